The van der Waals surface area contributed by atoms with Gasteiger partial charge in [-0.05, 0) is 47.7 Å². The summed E-state index contributed by atoms with van der Waals surface area (Å²) in [5, 5.41) is 0. The Morgan fingerprint density at radius 2 is 1.58 bits per heavy atom. The maximum atomic E-state index is 14.4. The zero-order valence-corrected chi connectivity index (χ0v) is 18.8. The molecule has 170 valence electrons. The van der Waals surface area contributed by atoms with E-state index in [1.165, 1.54) is 31.7 Å². The largest absolute Gasteiger partial charge is 0.491 e. The van der Waals surface area contributed by atoms with E-state index in [1.54, 1.807) is 43.3 Å². The van der Waals surface area contributed by atoms with E-state index >= 15 is 0 Å². The average molecular weight is 433 g/mol. The topological polar surface area (TPSA) is 35.5 Å². The van der Waals surface area contributed by atoms with Crippen LogP contribution in [0.1, 0.15) is 65.7 Å². The number of hydrogen-bond acceptors (Lipinski definition) is 3. The number of carbonyl (C=O) groups excluding carboxylic acids is 1. The van der Waals surface area contributed by atoms with Crippen LogP contribution in [0.25, 0.3) is 11.1 Å². The molecule has 2 aromatic carbocycles. The Kier molecular flexibility index (Phi) is 10.5. The predicted octanol–water partition coefficient (Wildman–Crippen LogP) is 7.52. The lowest BCUT2D eigenvalue weighted by Crippen LogP contribution is -2.27. The second-order valence-electron chi connectivity index (χ2n) is 7.99. The van der Waals surface area contributed by atoms with Crippen LogP contribution in [-0.4, -0.2) is 18.7 Å². The number of ether oxygens (including phenoxy) is 2. The third kappa shape index (κ3) is 7.97. The smallest absolute Gasteiger partial charge is 0.346 e. The average Bonchev–Trinajstić information content (AvgIpc) is 2.78. The first-order valence-electron chi connectivity index (χ1n) is 11.3. The fourth-order valence-electron chi connectivity index (χ4n) is 3.19. The van der Waals surface area contributed by atoms with Crippen molar-refractivity contribution in [3.05, 3.63) is 48.3 Å². The molecule has 2 unspecified atom stereocenters. The number of alkyl halides is 1. The first-order valence-corrected chi connectivity index (χ1v) is 11.3. The standard InChI is InChI=1S/C26H34F2O3/c1-4-6-7-8-9-10-17-30-24-16-13-21(18-23(24)27)20-11-14-22(15-12-20)31-26(29)25(28)19(3)5-2/h11-16,18-19,25H,4-10,17H2,1-3H3. The summed E-state index contributed by atoms with van der Waals surface area (Å²) < 4.78 is 39.1. The SMILES string of the molecule is CCCCCCCCOc1ccc(-c2ccc(OC(=O)C(F)C(C)CC)cc2)cc1F. The third-order valence-electron chi connectivity index (χ3n) is 5.46. The number of hydrogen-bond donors (Lipinski definition) is 0. The van der Waals surface area contributed by atoms with Crippen LogP contribution in [0.15, 0.2) is 42.5 Å². The molecular weight excluding hydrogens is 398 g/mol. The van der Waals surface area contributed by atoms with Crippen molar-refractivity contribution in [2.45, 2.75) is 71.9 Å². The Bertz CT molecular complexity index is 805. The Balaban J connectivity index is 1.89. The van der Waals surface area contributed by atoms with Gasteiger partial charge >= 0.3 is 5.97 Å². The van der Waals surface area contributed by atoms with Crippen LogP contribution >= 0.6 is 0 Å². The van der Waals surface area contributed by atoms with Crippen LogP contribution in [0.3, 0.4) is 0 Å². The highest BCUT2D eigenvalue weighted by Gasteiger charge is 2.25. The number of halogens is 2. The van der Waals surface area contributed by atoms with Gasteiger partial charge in [-0.3, -0.25) is 0 Å². The van der Waals surface area contributed by atoms with E-state index < -0.39 is 23.9 Å². The lowest BCUT2D eigenvalue weighted by atomic mass is 10.0. The highest BCUT2D eigenvalue weighted by atomic mass is 19.1. The second-order valence-corrected chi connectivity index (χ2v) is 7.99. The lowest BCUT2D eigenvalue weighted by molar-refractivity contribution is -0.141. The van der Waals surface area contributed by atoms with E-state index in [2.05, 4.69) is 6.92 Å². The fourth-order valence-corrected chi connectivity index (χ4v) is 3.19. The molecule has 5 heteroatoms. The Morgan fingerprint density at radius 3 is 2.23 bits per heavy atom. The summed E-state index contributed by atoms with van der Waals surface area (Å²) in [6, 6.07) is 11.4. The van der Waals surface area contributed by atoms with Gasteiger partial charge < -0.3 is 9.47 Å². The molecule has 0 saturated heterocycles. The number of carbonyl (C=O) groups is 1. The summed E-state index contributed by atoms with van der Waals surface area (Å²) in [5.74, 6) is -1.18. The first-order chi connectivity index (χ1) is 15.0. The van der Waals surface area contributed by atoms with Gasteiger partial charge in [-0.1, -0.05) is 77.5 Å². The molecule has 0 radical (unpaired) electrons. The van der Waals surface area contributed by atoms with Crippen molar-refractivity contribution in [3.8, 4) is 22.6 Å². The van der Waals surface area contributed by atoms with E-state index in [0.717, 1.165) is 18.4 Å². The molecule has 2 aromatic rings. The minimum absolute atomic E-state index is 0.252. The van der Waals surface area contributed by atoms with E-state index in [1.807, 2.05) is 6.92 Å². The number of benzene rings is 2. The van der Waals surface area contributed by atoms with Gasteiger partial charge in [0.25, 0.3) is 0 Å². The zero-order chi connectivity index (χ0) is 22.6. The monoisotopic (exact) mass is 432 g/mol. The van der Waals surface area contributed by atoms with Crippen LogP contribution in [0, 0.1) is 11.7 Å². The van der Waals surface area contributed by atoms with Gasteiger partial charge in [-0.15, -0.1) is 0 Å². The molecule has 3 nitrogen and oxygen atoms in total. The quantitative estimate of drug-likeness (QED) is 0.186. The maximum absolute atomic E-state index is 14.4. The number of rotatable bonds is 13. The van der Waals surface area contributed by atoms with Crippen molar-refractivity contribution < 1.29 is 23.0 Å². The van der Waals surface area contributed by atoms with Crippen molar-refractivity contribution in [1.82, 2.24) is 0 Å². The van der Waals surface area contributed by atoms with E-state index in [4.69, 9.17) is 9.47 Å². The van der Waals surface area contributed by atoms with E-state index in [9.17, 15) is 13.6 Å². The molecule has 2 rings (SSSR count). The molecule has 0 spiro atoms. The maximum Gasteiger partial charge on any atom is 0.346 e. The van der Waals surface area contributed by atoms with Gasteiger partial charge in [-0.25, -0.2) is 13.6 Å². The minimum atomic E-state index is -1.65. The molecule has 0 bridgehead atoms. The molecule has 0 aliphatic heterocycles. The molecule has 0 aromatic heterocycles. The molecule has 0 aliphatic carbocycles. The normalized spacial score (nSPS) is 12.9. The van der Waals surface area contributed by atoms with Gasteiger partial charge in [0.2, 0.25) is 0 Å². The molecular formula is C26H34F2O3. The van der Waals surface area contributed by atoms with Crippen molar-refractivity contribution in [2.24, 2.45) is 5.92 Å². The Morgan fingerprint density at radius 1 is 0.935 bits per heavy atom. The summed E-state index contributed by atoms with van der Waals surface area (Å²) in [6.07, 6.45) is 5.82. The molecule has 31 heavy (non-hydrogen) atoms. The summed E-state index contributed by atoms with van der Waals surface area (Å²) in [4.78, 5) is 11.9. The summed E-state index contributed by atoms with van der Waals surface area (Å²) >= 11 is 0. The molecule has 0 N–H and O–H groups in total. The van der Waals surface area contributed by atoms with Crippen molar-refractivity contribution in [1.29, 1.82) is 0 Å². The van der Waals surface area contributed by atoms with Crippen LogP contribution in [0.2, 0.25) is 0 Å². The first kappa shape index (κ1) is 24.8. The van der Waals surface area contributed by atoms with Crippen molar-refractivity contribution >= 4 is 5.97 Å². The second kappa shape index (κ2) is 13.1. The third-order valence-corrected chi connectivity index (χ3v) is 5.46. The summed E-state index contributed by atoms with van der Waals surface area (Å²) in [6.45, 7) is 6.19. The molecule has 2 atom stereocenters. The number of unbranched alkanes of at least 4 members (excludes halogenated alkanes) is 5. The molecule has 0 amide bonds. The minimum Gasteiger partial charge on any atom is -0.491 e. The van der Waals surface area contributed by atoms with Gasteiger partial charge in [0, 0.05) is 0 Å². The van der Waals surface area contributed by atoms with Crippen LogP contribution in [0.5, 0.6) is 11.5 Å². The molecule has 0 saturated carbocycles. The van der Waals surface area contributed by atoms with Crippen molar-refractivity contribution in [3.63, 3.8) is 0 Å². The number of esters is 1. The van der Waals surface area contributed by atoms with Crippen molar-refractivity contribution in [2.75, 3.05) is 6.61 Å². The van der Waals surface area contributed by atoms with E-state index in [0.29, 0.717) is 18.6 Å². The molecule has 0 heterocycles. The molecule has 0 fully saturated rings. The van der Waals surface area contributed by atoms with Crippen LogP contribution < -0.4 is 9.47 Å². The molecule has 0 aliphatic rings. The van der Waals surface area contributed by atoms with Gasteiger partial charge in [0.1, 0.15) is 5.75 Å². The highest BCUT2D eigenvalue weighted by molar-refractivity contribution is 5.77. The van der Waals surface area contributed by atoms with Gasteiger partial charge in [-0.2, -0.15) is 0 Å². The van der Waals surface area contributed by atoms with Gasteiger partial charge in [0.05, 0.1) is 6.61 Å². The van der Waals surface area contributed by atoms with Gasteiger partial charge in [0.15, 0.2) is 17.7 Å². The summed E-state index contributed by atoms with van der Waals surface area (Å²) in [5.41, 5.74) is 1.45. The van der Waals surface area contributed by atoms with E-state index in [-0.39, 0.29) is 11.5 Å². The van der Waals surface area contributed by atoms with Crippen LogP contribution in [0.4, 0.5) is 8.78 Å². The fraction of sp³-hybridized carbons (Fsp3) is 0.500. The Labute approximate surface area is 184 Å². The lowest BCUT2D eigenvalue weighted by Gasteiger charge is -2.14. The predicted molar refractivity (Wildman–Crippen MR) is 121 cm³/mol. The summed E-state index contributed by atoms with van der Waals surface area (Å²) in [7, 11) is 0. The van der Waals surface area contributed by atoms with Crippen LogP contribution in [-0.2, 0) is 4.79 Å². The zero-order valence-electron chi connectivity index (χ0n) is 18.8. The highest BCUT2D eigenvalue weighted by Crippen LogP contribution is 2.28. The Hall–Kier alpha value is -2.43.